The normalized spacial score (nSPS) is 14.5. The number of nitrogens with zero attached hydrogens (tertiary/aromatic N) is 2. The molecule has 0 unspecified atom stereocenters. The van der Waals surface area contributed by atoms with E-state index < -0.39 is 0 Å². The molecule has 3 aromatic rings. The van der Waals surface area contributed by atoms with Gasteiger partial charge in [0.15, 0.2) is 0 Å². The summed E-state index contributed by atoms with van der Waals surface area (Å²) in [5, 5.41) is 0. The van der Waals surface area contributed by atoms with Crippen LogP contribution in [0.5, 0.6) is 5.75 Å². The molecule has 176 valence electrons. The van der Waals surface area contributed by atoms with Crippen molar-refractivity contribution in [3.8, 4) is 5.75 Å². The van der Waals surface area contributed by atoms with Crippen molar-refractivity contribution >= 4 is 23.7 Å². The first kappa shape index (κ1) is 24.1. The molecule has 0 radical (unpaired) electrons. The number of carbonyl (C=O) groups excluding carboxylic acids is 1. The first-order valence-corrected chi connectivity index (χ1v) is 12.7. The SMILES string of the molecule is COc1ccc(C(=O)N2CCN(C/C=C/c3ccccc3)CC2)cc1CSc1ccc(C)cc1. The van der Waals surface area contributed by atoms with E-state index in [1.54, 1.807) is 18.9 Å². The van der Waals surface area contributed by atoms with Gasteiger partial charge in [-0.25, -0.2) is 0 Å². The minimum atomic E-state index is 0.101. The molecule has 34 heavy (non-hydrogen) atoms. The number of aryl methyl sites for hydroxylation is 1. The third kappa shape index (κ3) is 6.52. The number of hydrogen-bond donors (Lipinski definition) is 0. The van der Waals surface area contributed by atoms with Gasteiger partial charge in [-0.15, -0.1) is 11.8 Å². The van der Waals surface area contributed by atoms with Crippen molar-refractivity contribution in [2.45, 2.75) is 17.6 Å². The first-order valence-electron chi connectivity index (χ1n) is 11.7. The van der Waals surface area contributed by atoms with E-state index >= 15 is 0 Å². The predicted molar refractivity (Wildman–Crippen MR) is 142 cm³/mol. The summed E-state index contributed by atoms with van der Waals surface area (Å²) in [7, 11) is 1.68. The molecule has 0 atom stereocenters. The van der Waals surface area contributed by atoms with E-state index in [4.69, 9.17) is 4.74 Å². The highest BCUT2D eigenvalue weighted by atomic mass is 32.2. The summed E-state index contributed by atoms with van der Waals surface area (Å²) < 4.78 is 5.57. The summed E-state index contributed by atoms with van der Waals surface area (Å²) in [6.07, 6.45) is 4.36. The highest BCUT2D eigenvalue weighted by Gasteiger charge is 2.22. The molecule has 3 aromatic carbocycles. The van der Waals surface area contributed by atoms with Crippen LogP contribution in [0, 0.1) is 6.92 Å². The molecule has 0 saturated carbocycles. The average molecular weight is 473 g/mol. The van der Waals surface area contributed by atoms with Gasteiger partial charge in [-0.3, -0.25) is 9.69 Å². The third-order valence-electron chi connectivity index (χ3n) is 6.08. The maximum absolute atomic E-state index is 13.2. The van der Waals surface area contributed by atoms with Crippen LogP contribution < -0.4 is 4.74 Å². The minimum absolute atomic E-state index is 0.101. The fourth-order valence-corrected chi connectivity index (χ4v) is 4.91. The van der Waals surface area contributed by atoms with Crippen molar-refractivity contribution in [2.75, 3.05) is 39.8 Å². The molecule has 1 aliphatic rings. The number of piperazine rings is 1. The fourth-order valence-electron chi connectivity index (χ4n) is 4.04. The van der Waals surface area contributed by atoms with Crippen LogP contribution in [-0.2, 0) is 5.75 Å². The predicted octanol–water partition coefficient (Wildman–Crippen LogP) is 5.77. The number of methoxy groups -OCH3 is 1. The van der Waals surface area contributed by atoms with Crippen molar-refractivity contribution in [1.29, 1.82) is 0 Å². The van der Waals surface area contributed by atoms with Crippen LogP contribution in [0.15, 0.2) is 83.8 Å². The molecule has 0 aliphatic carbocycles. The fraction of sp³-hybridized carbons (Fsp3) is 0.276. The van der Waals surface area contributed by atoms with Crippen LogP contribution in [0.2, 0.25) is 0 Å². The standard InChI is InChI=1S/C29H32N2O2S/c1-23-10-13-27(14-11-23)34-22-26-21-25(12-15-28(26)33-2)29(32)31-19-17-30(18-20-31)16-6-9-24-7-4-3-5-8-24/h3-15,21H,16-20,22H2,1-2H3/b9-6+. The van der Waals surface area contributed by atoms with Crippen molar-refractivity contribution in [3.63, 3.8) is 0 Å². The smallest absolute Gasteiger partial charge is 0.253 e. The number of ether oxygens (including phenoxy) is 1. The molecule has 0 spiro atoms. The second-order valence-electron chi connectivity index (χ2n) is 8.53. The van der Waals surface area contributed by atoms with Crippen molar-refractivity contribution in [2.24, 2.45) is 0 Å². The zero-order chi connectivity index (χ0) is 23.8. The van der Waals surface area contributed by atoms with E-state index in [9.17, 15) is 4.79 Å². The monoisotopic (exact) mass is 472 g/mol. The number of hydrogen-bond acceptors (Lipinski definition) is 4. The van der Waals surface area contributed by atoms with Crippen LogP contribution in [0.25, 0.3) is 6.08 Å². The Morgan fingerprint density at radius 3 is 2.41 bits per heavy atom. The van der Waals surface area contributed by atoms with Crippen molar-refractivity contribution < 1.29 is 9.53 Å². The highest BCUT2D eigenvalue weighted by molar-refractivity contribution is 7.98. The summed E-state index contributed by atoms with van der Waals surface area (Å²) in [4.78, 5) is 18.8. The maximum atomic E-state index is 13.2. The topological polar surface area (TPSA) is 32.8 Å². The number of carbonyl (C=O) groups is 1. The first-order chi connectivity index (χ1) is 16.6. The van der Waals surface area contributed by atoms with E-state index in [-0.39, 0.29) is 5.91 Å². The molecule has 4 rings (SSSR count). The van der Waals surface area contributed by atoms with Gasteiger partial charge in [-0.1, -0.05) is 60.2 Å². The van der Waals surface area contributed by atoms with E-state index in [1.807, 2.05) is 29.2 Å². The lowest BCUT2D eigenvalue weighted by Gasteiger charge is -2.34. The van der Waals surface area contributed by atoms with E-state index in [0.29, 0.717) is 0 Å². The Morgan fingerprint density at radius 2 is 1.71 bits per heavy atom. The van der Waals surface area contributed by atoms with E-state index in [0.717, 1.165) is 55.4 Å². The van der Waals surface area contributed by atoms with Gasteiger partial charge in [-0.2, -0.15) is 0 Å². The molecule has 4 nitrogen and oxygen atoms in total. The lowest BCUT2D eigenvalue weighted by atomic mass is 10.1. The van der Waals surface area contributed by atoms with Gasteiger partial charge in [0.25, 0.3) is 5.91 Å². The summed E-state index contributed by atoms with van der Waals surface area (Å²) in [5.74, 6) is 1.68. The van der Waals surface area contributed by atoms with Gasteiger partial charge in [0.1, 0.15) is 5.75 Å². The lowest BCUT2D eigenvalue weighted by molar-refractivity contribution is 0.0650. The number of benzene rings is 3. The molecule has 1 saturated heterocycles. The lowest BCUT2D eigenvalue weighted by Crippen LogP contribution is -2.48. The van der Waals surface area contributed by atoms with Crippen LogP contribution in [-0.4, -0.2) is 55.5 Å². The van der Waals surface area contributed by atoms with Crippen LogP contribution in [0.1, 0.15) is 27.0 Å². The molecular formula is C29H32N2O2S. The minimum Gasteiger partial charge on any atom is -0.496 e. The zero-order valence-electron chi connectivity index (χ0n) is 19.9. The number of thioether (sulfide) groups is 1. The van der Waals surface area contributed by atoms with Gasteiger partial charge in [0, 0.05) is 54.5 Å². The Balaban J connectivity index is 1.33. The zero-order valence-corrected chi connectivity index (χ0v) is 20.8. The summed E-state index contributed by atoms with van der Waals surface area (Å²) in [5.41, 5.74) is 4.25. The Bertz CT molecular complexity index is 1100. The Kier molecular flexibility index (Phi) is 8.45. The van der Waals surface area contributed by atoms with Crippen LogP contribution >= 0.6 is 11.8 Å². The van der Waals surface area contributed by atoms with Crippen LogP contribution in [0.3, 0.4) is 0 Å². The molecule has 0 aromatic heterocycles. The Morgan fingerprint density at radius 1 is 0.971 bits per heavy atom. The molecular weight excluding hydrogens is 440 g/mol. The van der Waals surface area contributed by atoms with Gasteiger partial charge >= 0.3 is 0 Å². The van der Waals surface area contributed by atoms with Crippen molar-refractivity contribution in [1.82, 2.24) is 9.80 Å². The summed E-state index contributed by atoms with van der Waals surface area (Å²) in [6, 6.07) is 24.7. The van der Waals surface area contributed by atoms with Crippen molar-refractivity contribution in [3.05, 3.63) is 101 Å². The largest absolute Gasteiger partial charge is 0.496 e. The van der Waals surface area contributed by atoms with E-state index in [1.165, 1.54) is 16.0 Å². The quantitative estimate of drug-likeness (QED) is 0.390. The highest BCUT2D eigenvalue weighted by Crippen LogP contribution is 2.29. The summed E-state index contributed by atoms with van der Waals surface area (Å²) in [6.45, 7) is 6.26. The summed E-state index contributed by atoms with van der Waals surface area (Å²) >= 11 is 1.76. The van der Waals surface area contributed by atoms with Gasteiger partial charge in [0.05, 0.1) is 7.11 Å². The molecule has 0 N–H and O–H groups in total. The number of amides is 1. The maximum Gasteiger partial charge on any atom is 0.253 e. The molecule has 0 bridgehead atoms. The van der Waals surface area contributed by atoms with Crippen LogP contribution in [0.4, 0.5) is 0 Å². The van der Waals surface area contributed by atoms with Gasteiger partial charge in [-0.05, 0) is 42.8 Å². The van der Waals surface area contributed by atoms with Gasteiger partial charge < -0.3 is 9.64 Å². The molecule has 1 amide bonds. The molecule has 1 heterocycles. The number of rotatable bonds is 8. The molecule has 1 aliphatic heterocycles. The third-order valence-corrected chi connectivity index (χ3v) is 7.14. The second-order valence-corrected chi connectivity index (χ2v) is 9.58. The average Bonchev–Trinajstić information content (AvgIpc) is 2.89. The second kappa shape index (κ2) is 11.9. The molecule has 1 fully saturated rings. The Hall–Kier alpha value is -3.02. The van der Waals surface area contributed by atoms with E-state index in [2.05, 4.69) is 72.5 Å². The molecule has 5 heteroatoms. The Labute approximate surface area is 207 Å². The van der Waals surface area contributed by atoms with Gasteiger partial charge in [0.2, 0.25) is 0 Å².